The van der Waals surface area contributed by atoms with Crippen molar-refractivity contribution in [3.05, 3.63) is 41.5 Å². The standard InChI is InChI=1S/C20H22F6N2O5S/c1-34(31,32)28-17(30)15(16(27)29)9-11-18(28,20(24,25)26)13-5-7-14(8-6-13)33-12-4-2-3-10-19(21,22)23/h5-9H,2-4,10-12H2,1H3,(H2,27,29). The molecular weight excluding hydrogens is 494 g/mol. The molecule has 2 N–H and O–H groups in total. The summed E-state index contributed by atoms with van der Waals surface area (Å²) in [6.07, 6.45) is -10.0. The van der Waals surface area contributed by atoms with Gasteiger partial charge in [-0.2, -0.15) is 26.3 Å². The molecule has 1 aliphatic rings. The minimum absolute atomic E-state index is 0.0142. The van der Waals surface area contributed by atoms with Crippen LogP contribution in [0.3, 0.4) is 0 Å². The molecule has 0 bridgehead atoms. The number of halogens is 6. The van der Waals surface area contributed by atoms with E-state index in [2.05, 4.69) is 0 Å². The number of carbonyl (C=O) groups excluding carboxylic acids is 2. The second-order valence-electron chi connectivity index (χ2n) is 7.68. The molecule has 1 atom stereocenters. The Morgan fingerprint density at radius 1 is 1.09 bits per heavy atom. The molecule has 34 heavy (non-hydrogen) atoms. The number of carbonyl (C=O) groups is 2. The summed E-state index contributed by atoms with van der Waals surface area (Å²) >= 11 is 0. The SMILES string of the molecule is CS(=O)(=O)N1C(=O)C(C(N)=O)=CCC1(c1ccc(OCCCCCC(F)(F)F)cc1)C(F)(F)F. The first kappa shape index (κ1) is 27.5. The van der Waals surface area contributed by atoms with Gasteiger partial charge in [-0.05, 0) is 37.0 Å². The molecule has 1 aromatic carbocycles. The molecule has 190 valence electrons. The van der Waals surface area contributed by atoms with Crippen molar-refractivity contribution in [3.63, 3.8) is 0 Å². The second kappa shape index (κ2) is 9.84. The van der Waals surface area contributed by atoms with Crippen molar-refractivity contribution in [2.45, 2.75) is 50.0 Å². The number of benzene rings is 1. The molecule has 2 rings (SSSR count). The zero-order valence-corrected chi connectivity index (χ0v) is 18.7. The number of hydrogen-bond donors (Lipinski definition) is 1. The zero-order valence-electron chi connectivity index (χ0n) is 17.9. The topological polar surface area (TPSA) is 107 Å². The van der Waals surface area contributed by atoms with Crippen LogP contribution in [0.25, 0.3) is 0 Å². The van der Waals surface area contributed by atoms with Crippen LogP contribution in [0.2, 0.25) is 0 Å². The van der Waals surface area contributed by atoms with E-state index in [1.54, 1.807) is 0 Å². The van der Waals surface area contributed by atoms with Crippen LogP contribution in [0.15, 0.2) is 35.9 Å². The van der Waals surface area contributed by atoms with Gasteiger partial charge in [0.25, 0.3) is 11.8 Å². The summed E-state index contributed by atoms with van der Waals surface area (Å²) in [6.45, 7) is 0.0142. The quantitative estimate of drug-likeness (QED) is 0.307. The summed E-state index contributed by atoms with van der Waals surface area (Å²) in [5.41, 5.74) is 0.208. The second-order valence-corrected chi connectivity index (χ2v) is 9.51. The van der Waals surface area contributed by atoms with Crippen molar-refractivity contribution >= 4 is 21.8 Å². The van der Waals surface area contributed by atoms with E-state index < -0.39 is 63.7 Å². The normalized spacial score (nSPS) is 19.7. The Balaban J connectivity index is 2.30. The fraction of sp³-hybridized carbons (Fsp3) is 0.500. The summed E-state index contributed by atoms with van der Waals surface area (Å²) < 4.78 is 109. The van der Waals surface area contributed by atoms with Gasteiger partial charge in [-0.1, -0.05) is 18.2 Å². The predicted molar refractivity (Wildman–Crippen MR) is 108 cm³/mol. The van der Waals surface area contributed by atoms with Crippen molar-refractivity contribution < 1.29 is 49.1 Å². The van der Waals surface area contributed by atoms with E-state index in [0.29, 0.717) is 12.3 Å². The third kappa shape index (κ3) is 6.02. The highest BCUT2D eigenvalue weighted by molar-refractivity contribution is 7.89. The van der Waals surface area contributed by atoms with Crippen molar-refractivity contribution in [3.8, 4) is 5.75 Å². The van der Waals surface area contributed by atoms with Crippen LogP contribution in [0.1, 0.15) is 37.7 Å². The number of primary amides is 1. The van der Waals surface area contributed by atoms with E-state index in [9.17, 15) is 44.3 Å². The van der Waals surface area contributed by atoms with Gasteiger partial charge in [0.2, 0.25) is 10.0 Å². The number of ether oxygens (including phenoxy) is 1. The summed E-state index contributed by atoms with van der Waals surface area (Å²) in [5.74, 6) is -2.97. The van der Waals surface area contributed by atoms with Gasteiger partial charge in [0.1, 0.15) is 11.3 Å². The first-order chi connectivity index (χ1) is 15.5. The van der Waals surface area contributed by atoms with E-state index in [0.717, 1.165) is 24.3 Å². The maximum Gasteiger partial charge on any atom is 0.417 e. The Morgan fingerprint density at radius 3 is 2.15 bits per heavy atom. The Morgan fingerprint density at radius 2 is 1.68 bits per heavy atom. The largest absolute Gasteiger partial charge is 0.494 e. The minimum atomic E-state index is -5.27. The lowest BCUT2D eigenvalue weighted by atomic mass is 9.82. The van der Waals surface area contributed by atoms with Gasteiger partial charge >= 0.3 is 12.4 Å². The number of alkyl halides is 6. The molecule has 0 aromatic heterocycles. The molecule has 0 fully saturated rings. The Bertz CT molecular complexity index is 1050. The monoisotopic (exact) mass is 516 g/mol. The van der Waals surface area contributed by atoms with Gasteiger partial charge in [-0.3, -0.25) is 9.59 Å². The third-order valence-electron chi connectivity index (χ3n) is 5.13. The van der Waals surface area contributed by atoms with E-state index in [1.165, 1.54) is 0 Å². The van der Waals surface area contributed by atoms with Crippen molar-refractivity contribution in [2.24, 2.45) is 5.73 Å². The predicted octanol–water partition coefficient (Wildman–Crippen LogP) is 3.55. The molecule has 14 heteroatoms. The summed E-state index contributed by atoms with van der Waals surface area (Å²) in [4.78, 5) is 24.0. The highest BCUT2D eigenvalue weighted by Gasteiger charge is 2.65. The number of nitrogens with zero attached hydrogens (tertiary/aromatic N) is 1. The molecule has 0 spiro atoms. The molecule has 1 unspecified atom stereocenters. The Hall–Kier alpha value is -2.77. The average molecular weight is 516 g/mol. The summed E-state index contributed by atoms with van der Waals surface area (Å²) in [5, 5.41) is 0. The Labute approximate surface area is 191 Å². The van der Waals surface area contributed by atoms with E-state index >= 15 is 0 Å². The highest BCUT2D eigenvalue weighted by Crippen LogP contribution is 2.50. The fourth-order valence-electron chi connectivity index (χ4n) is 3.59. The van der Waals surface area contributed by atoms with Gasteiger partial charge in [0, 0.05) is 12.8 Å². The summed E-state index contributed by atoms with van der Waals surface area (Å²) in [7, 11) is -4.82. The lowest BCUT2D eigenvalue weighted by molar-refractivity contribution is -0.222. The highest BCUT2D eigenvalue weighted by atomic mass is 32.2. The van der Waals surface area contributed by atoms with Gasteiger partial charge in [-0.15, -0.1) is 0 Å². The molecule has 7 nitrogen and oxygen atoms in total. The fourth-order valence-corrected chi connectivity index (χ4v) is 4.84. The van der Waals surface area contributed by atoms with Crippen molar-refractivity contribution in [2.75, 3.05) is 12.9 Å². The molecule has 0 saturated heterocycles. The number of nitrogens with two attached hydrogens (primary N) is 1. The van der Waals surface area contributed by atoms with Crippen molar-refractivity contribution in [1.82, 2.24) is 4.31 Å². The van der Waals surface area contributed by atoms with Gasteiger partial charge in [-0.25, -0.2) is 12.7 Å². The van der Waals surface area contributed by atoms with Gasteiger partial charge in [0.05, 0.1) is 12.9 Å². The van der Waals surface area contributed by atoms with Crippen LogP contribution in [0.4, 0.5) is 26.3 Å². The van der Waals surface area contributed by atoms with Crippen molar-refractivity contribution in [1.29, 1.82) is 0 Å². The molecule has 0 saturated carbocycles. The van der Waals surface area contributed by atoms with E-state index in [1.807, 2.05) is 0 Å². The zero-order chi connectivity index (χ0) is 25.9. The summed E-state index contributed by atoms with van der Waals surface area (Å²) in [6, 6.07) is 4.11. The minimum Gasteiger partial charge on any atom is -0.494 e. The molecule has 1 aromatic rings. The van der Waals surface area contributed by atoms with Crippen LogP contribution < -0.4 is 10.5 Å². The van der Waals surface area contributed by atoms with Crippen LogP contribution in [-0.2, 0) is 25.2 Å². The first-order valence-corrected chi connectivity index (χ1v) is 11.8. The number of amides is 2. The molecular formula is C20H22F6N2O5S. The number of hydrogen-bond acceptors (Lipinski definition) is 5. The lowest BCUT2D eigenvalue weighted by Gasteiger charge is -2.45. The van der Waals surface area contributed by atoms with Gasteiger partial charge < -0.3 is 10.5 Å². The van der Waals surface area contributed by atoms with Crippen LogP contribution in [0.5, 0.6) is 5.75 Å². The van der Waals surface area contributed by atoms with E-state index in [4.69, 9.17) is 10.5 Å². The third-order valence-corrected chi connectivity index (χ3v) is 6.28. The van der Waals surface area contributed by atoms with Crippen LogP contribution in [0, 0.1) is 0 Å². The molecule has 1 heterocycles. The molecule has 0 radical (unpaired) electrons. The molecule has 0 aliphatic carbocycles. The lowest BCUT2D eigenvalue weighted by Crippen LogP contribution is -2.62. The van der Waals surface area contributed by atoms with Crippen LogP contribution >= 0.6 is 0 Å². The average Bonchev–Trinajstić information content (AvgIpc) is 2.67. The maximum absolute atomic E-state index is 14.4. The Kier molecular flexibility index (Phi) is 7.95. The van der Waals surface area contributed by atoms with Crippen LogP contribution in [-0.4, -0.2) is 49.8 Å². The molecule has 1 aliphatic heterocycles. The van der Waals surface area contributed by atoms with E-state index in [-0.39, 0.29) is 35.9 Å². The van der Waals surface area contributed by atoms with Gasteiger partial charge in [0.15, 0.2) is 5.54 Å². The molecule has 2 amide bonds. The number of unbranched alkanes of at least 4 members (excludes halogenated alkanes) is 2. The maximum atomic E-state index is 14.4. The smallest absolute Gasteiger partial charge is 0.417 e. The number of sulfonamides is 1. The number of rotatable bonds is 9. The first-order valence-electron chi connectivity index (χ1n) is 9.92.